The molecule has 0 spiro atoms. The Morgan fingerprint density at radius 1 is 1.17 bits per heavy atom. The van der Waals surface area contributed by atoms with Crippen molar-refractivity contribution in [3.63, 3.8) is 0 Å². The first-order valence-corrected chi connectivity index (χ1v) is 11.7. The van der Waals surface area contributed by atoms with Crippen molar-refractivity contribution in [1.29, 1.82) is 0 Å². The summed E-state index contributed by atoms with van der Waals surface area (Å²) in [7, 11) is 0. The van der Waals surface area contributed by atoms with Crippen LogP contribution in [0.15, 0.2) is 28.8 Å². The molecule has 1 amide bonds. The fraction of sp³-hybridized carbons (Fsp3) is 0.417. The van der Waals surface area contributed by atoms with E-state index in [2.05, 4.69) is 39.2 Å². The van der Waals surface area contributed by atoms with Crippen molar-refractivity contribution in [3.8, 4) is 28.6 Å². The van der Waals surface area contributed by atoms with Gasteiger partial charge in [-0.15, -0.1) is 0 Å². The summed E-state index contributed by atoms with van der Waals surface area (Å²) in [6, 6.07) is 7.31. The van der Waals surface area contributed by atoms with Gasteiger partial charge < -0.3 is 29.7 Å². The number of halogens is 1. The smallest absolute Gasteiger partial charge is 0.258 e. The fourth-order valence-electron chi connectivity index (χ4n) is 3.51. The molecule has 0 aliphatic heterocycles. The predicted octanol–water partition coefficient (Wildman–Crippen LogP) is 2.76. The number of anilines is 1. The van der Waals surface area contributed by atoms with Gasteiger partial charge in [-0.05, 0) is 57.5 Å². The van der Waals surface area contributed by atoms with E-state index in [9.17, 15) is 9.90 Å². The third-order valence-corrected chi connectivity index (χ3v) is 5.57. The first kappa shape index (κ1) is 26.4. The molecule has 0 aliphatic carbocycles. The minimum absolute atomic E-state index is 0.0513. The van der Waals surface area contributed by atoms with Gasteiger partial charge in [-0.25, -0.2) is 4.98 Å². The lowest BCUT2D eigenvalue weighted by Crippen LogP contribution is -2.36. The minimum atomic E-state index is -0.967. The van der Waals surface area contributed by atoms with Gasteiger partial charge in [0, 0.05) is 36.5 Å². The van der Waals surface area contributed by atoms with Crippen molar-refractivity contribution in [2.75, 3.05) is 37.7 Å². The van der Waals surface area contributed by atoms with Gasteiger partial charge in [-0.3, -0.25) is 4.79 Å². The Bertz CT molecular complexity index is 1140. The molecule has 2 heterocycles. The number of rotatable bonds is 11. The Balaban J connectivity index is 1.77. The number of aliphatic hydroxyl groups excluding tert-OH is 2. The maximum Gasteiger partial charge on any atom is 0.258 e. The van der Waals surface area contributed by atoms with E-state index in [0.29, 0.717) is 33.6 Å². The number of hydrogen-bond acceptors (Lipinski definition) is 9. The van der Waals surface area contributed by atoms with Crippen molar-refractivity contribution in [2.45, 2.75) is 33.8 Å². The molecular weight excluding hydrogens is 474 g/mol. The van der Waals surface area contributed by atoms with Crippen LogP contribution in [0.3, 0.4) is 0 Å². The van der Waals surface area contributed by atoms with Crippen LogP contribution in [0.5, 0.6) is 5.75 Å². The highest BCUT2D eigenvalue weighted by Gasteiger charge is 2.17. The second-order valence-electron chi connectivity index (χ2n) is 7.98. The molecule has 0 unspecified atom stereocenters. The molecule has 0 saturated heterocycles. The fourth-order valence-corrected chi connectivity index (χ4v) is 3.83. The van der Waals surface area contributed by atoms with Gasteiger partial charge in [0.15, 0.2) is 0 Å². The number of hydrogen-bond donors (Lipinski definition) is 3. The van der Waals surface area contributed by atoms with Gasteiger partial charge >= 0.3 is 0 Å². The van der Waals surface area contributed by atoms with Crippen molar-refractivity contribution >= 4 is 23.3 Å². The number of ether oxygens (including phenoxy) is 1. The van der Waals surface area contributed by atoms with E-state index >= 15 is 0 Å². The standard InChI is InChI=1S/C24H30ClN5O5/c1-5-30(6-2)20-10-17(8-15(4)27-20)24-28-23(29-35-24)16-7-14(3)22(19(25)9-16)34-13-18(32)11-26-21(33)12-31/h7-10,18,31-32H,5-6,11-13H2,1-4H3,(H,26,33)/t18-/m1/s1. The predicted molar refractivity (Wildman–Crippen MR) is 133 cm³/mol. The summed E-state index contributed by atoms with van der Waals surface area (Å²) in [5, 5.41) is 25.5. The van der Waals surface area contributed by atoms with Crippen molar-refractivity contribution in [1.82, 2.24) is 20.4 Å². The summed E-state index contributed by atoms with van der Waals surface area (Å²) >= 11 is 6.44. The number of carbonyl (C=O) groups excluding carboxylic acids is 1. The van der Waals surface area contributed by atoms with E-state index in [-0.39, 0.29) is 13.2 Å². The topological polar surface area (TPSA) is 134 Å². The summed E-state index contributed by atoms with van der Waals surface area (Å²) in [6.07, 6.45) is -0.967. The number of aryl methyl sites for hydroxylation is 2. The number of aliphatic hydroxyl groups is 2. The maximum atomic E-state index is 11.1. The first-order chi connectivity index (χ1) is 16.7. The molecule has 3 aromatic rings. The van der Waals surface area contributed by atoms with Gasteiger partial charge in [0.1, 0.15) is 30.9 Å². The monoisotopic (exact) mass is 503 g/mol. The molecule has 35 heavy (non-hydrogen) atoms. The number of benzene rings is 1. The van der Waals surface area contributed by atoms with Gasteiger partial charge in [-0.1, -0.05) is 16.8 Å². The highest BCUT2D eigenvalue weighted by molar-refractivity contribution is 6.32. The lowest BCUT2D eigenvalue weighted by molar-refractivity contribution is -0.124. The van der Waals surface area contributed by atoms with Crippen LogP contribution in [0.1, 0.15) is 25.1 Å². The minimum Gasteiger partial charge on any atom is -0.489 e. The van der Waals surface area contributed by atoms with E-state index in [0.717, 1.165) is 30.2 Å². The van der Waals surface area contributed by atoms with Gasteiger partial charge in [0.25, 0.3) is 5.89 Å². The molecule has 2 aromatic heterocycles. The molecule has 3 N–H and O–H groups in total. The average molecular weight is 504 g/mol. The number of nitrogens with zero attached hydrogens (tertiary/aromatic N) is 4. The Hall–Kier alpha value is -3.21. The van der Waals surface area contributed by atoms with Crippen LogP contribution in [0, 0.1) is 13.8 Å². The number of pyridine rings is 1. The van der Waals surface area contributed by atoms with E-state index in [1.807, 2.05) is 32.0 Å². The molecule has 0 saturated carbocycles. The maximum absolute atomic E-state index is 11.1. The Kier molecular flexibility index (Phi) is 9.02. The van der Waals surface area contributed by atoms with E-state index in [1.165, 1.54) is 0 Å². The number of aromatic nitrogens is 3. The van der Waals surface area contributed by atoms with Crippen LogP contribution >= 0.6 is 11.6 Å². The first-order valence-electron chi connectivity index (χ1n) is 11.3. The third-order valence-electron chi connectivity index (χ3n) is 5.29. The molecule has 0 bridgehead atoms. The zero-order chi connectivity index (χ0) is 25.5. The summed E-state index contributed by atoms with van der Waals surface area (Å²) in [5.41, 5.74) is 3.00. The summed E-state index contributed by atoms with van der Waals surface area (Å²) < 4.78 is 11.2. The number of carbonyl (C=O) groups is 1. The van der Waals surface area contributed by atoms with Crippen LogP contribution in [-0.4, -0.2) is 70.2 Å². The lowest BCUT2D eigenvalue weighted by Gasteiger charge is -2.20. The second-order valence-corrected chi connectivity index (χ2v) is 8.39. The molecule has 188 valence electrons. The normalized spacial score (nSPS) is 11.9. The molecule has 1 aromatic carbocycles. The Morgan fingerprint density at radius 2 is 1.91 bits per heavy atom. The number of nitrogens with one attached hydrogen (secondary N) is 1. The summed E-state index contributed by atoms with van der Waals surface area (Å²) in [5.74, 6) is 1.43. The van der Waals surface area contributed by atoms with E-state index in [4.69, 9.17) is 26.0 Å². The zero-order valence-corrected chi connectivity index (χ0v) is 21.0. The second kappa shape index (κ2) is 12.0. The zero-order valence-electron chi connectivity index (χ0n) is 20.2. The van der Waals surface area contributed by atoms with E-state index < -0.39 is 18.6 Å². The SMILES string of the molecule is CCN(CC)c1cc(-c2nc(-c3cc(C)c(OC[C@H](O)CNC(=O)CO)c(Cl)c3)no2)cc(C)n1. The van der Waals surface area contributed by atoms with Gasteiger partial charge in [0.05, 0.1) is 5.02 Å². The summed E-state index contributed by atoms with van der Waals surface area (Å²) in [6.45, 7) is 8.78. The van der Waals surface area contributed by atoms with Crippen LogP contribution in [-0.2, 0) is 4.79 Å². The van der Waals surface area contributed by atoms with Crippen LogP contribution < -0.4 is 15.0 Å². The van der Waals surface area contributed by atoms with Crippen molar-refractivity contribution in [3.05, 3.63) is 40.5 Å². The quantitative estimate of drug-likeness (QED) is 0.361. The molecule has 0 aliphatic rings. The largest absolute Gasteiger partial charge is 0.489 e. The molecule has 0 radical (unpaired) electrons. The molecule has 0 fully saturated rings. The Morgan fingerprint density at radius 3 is 2.57 bits per heavy atom. The summed E-state index contributed by atoms with van der Waals surface area (Å²) in [4.78, 5) is 22.4. The molecule has 10 nitrogen and oxygen atoms in total. The van der Waals surface area contributed by atoms with Gasteiger partial charge in [-0.2, -0.15) is 4.98 Å². The highest BCUT2D eigenvalue weighted by atomic mass is 35.5. The lowest BCUT2D eigenvalue weighted by atomic mass is 10.1. The Labute approximate surface area is 208 Å². The van der Waals surface area contributed by atoms with Crippen LogP contribution in [0.25, 0.3) is 22.8 Å². The van der Waals surface area contributed by atoms with Gasteiger partial charge in [0.2, 0.25) is 11.7 Å². The average Bonchev–Trinajstić information content (AvgIpc) is 3.33. The third kappa shape index (κ3) is 6.68. The molecule has 11 heteroatoms. The molecule has 3 rings (SSSR count). The van der Waals surface area contributed by atoms with Crippen molar-refractivity contribution in [2.24, 2.45) is 0 Å². The highest BCUT2D eigenvalue weighted by Crippen LogP contribution is 2.34. The molecule has 1 atom stereocenters. The van der Waals surface area contributed by atoms with E-state index in [1.54, 1.807) is 6.07 Å². The van der Waals surface area contributed by atoms with Crippen LogP contribution in [0.4, 0.5) is 5.82 Å². The van der Waals surface area contributed by atoms with Crippen LogP contribution in [0.2, 0.25) is 5.02 Å². The molecular formula is C24H30ClN5O5. The number of amides is 1. The van der Waals surface area contributed by atoms with Crippen molar-refractivity contribution < 1.29 is 24.3 Å².